The molecule has 0 bridgehead atoms. The molecule has 1 aromatic rings. The van der Waals surface area contributed by atoms with Crippen molar-refractivity contribution in [3.05, 3.63) is 24.3 Å². The average molecular weight is 236 g/mol. The van der Waals surface area contributed by atoms with Crippen LogP contribution in [0.3, 0.4) is 0 Å². The van der Waals surface area contributed by atoms with Crippen molar-refractivity contribution in [1.29, 1.82) is 0 Å². The summed E-state index contributed by atoms with van der Waals surface area (Å²) in [5.41, 5.74) is 0. The number of hydrogen-bond donors (Lipinski definition) is 1. The van der Waals surface area contributed by atoms with Gasteiger partial charge in [0.2, 0.25) is 0 Å². The Morgan fingerprint density at radius 3 is 2.65 bits per heavy atom. The minimum atomic E-state index is -0.990. The van der Waals surface area contributed by atoms with E-state index in [9.17, 15) is 9.59 Å². The van der Waals surface area contributed by atoms with E-state index < -0.39 is 12.1 Å². The van der Waals surface area contributed by atoms with Gasteiger partial charge in [-0.3, -0.25) is 9.59 Å². The second kappa shape index (κ2) is 4.86. The number of carboxylic acid groups (broad SMARTS) is 1. The molecule has 1 aliphatic heterocycles. The number of hydrogen-bond acceptors (Lipinski definition) is 4. The van der Waals surface area contributed by atoms with Crippen LogP contribution >= 0.6 is 0 Å². The van der Waals surface area contributed by atoms with Crippen LogP contribution in [-0.4, -0.2) is 29.6 Å². The molecule has 0 aliphatic carbocycles. The number of carboxylic acids is 1. The molecule has 0 radical (unpaired) electrons. The smallest absolute Gasteiger partial charge is 0.303 e. The maximum Gasteiger partial charge on any atom is 0.303 e. The Bertz CT molecular complexity index is 440. The van der Waals surface area contributed by atoms with Gasteiger partial charge in [0.1, 0.15) is 6.61 Å². The van der Waals surface area contributed by atoms with Crippen LogP contribution < -0.4 is 9.47 Å². The largest absolute Gasteiger partial charge is 0.485 e. The molecule has 90 valence electrons. The molecular formula is C12H12O5. The Kier molecular flexibility index (Phi) is 3.27. The zero-order valence-electron chi connectivity index (χ0n) is 9.09. The highest BCUT2D eigenvalue weighted by Gasteiger charge is 2.26. The molecule has 0 saturated heterocycles. The summed E-state index contributed by atoms with van der Waals surface area (Å²) in [5.74, 6) is -0.111. The number of para-hydroxylation sites is 2. The number of fused-ring (bicyclic) bond motifs is 1. The first-order chi connectivity index (χ1) is 8.16. The number of Topliss-reactive ketones (excluding diaryl/α,β-unsaturated/α-hetero) is 1. The van der Waals surface area contributed by atoms with Gasteiger partial charge in [0, 0.05) is 6.42 Å². The van der Waals surface area contributed by atoms with E-state index in [-0.39, 0.29) is 25.2 Å². The maximum absolute atomic E-state index is 11.6. The van der Waals surface area contributed by atoms with E-state index in [0.717, 1.165) is 0 Å². The zero-order chi connectivity index (χ0) is 12.3. The Balaban J connectivity index is 1.97. The van der Waals surface area contributed by atoms with Crippen molar-refractivity contribution in [3.8, 4) is 11.5 Å². The minimum Gasteiger partial charge on any atom is -0.485 e. The lowest BCUT2D eigenvalue weighted by Gasteiger charge is -2.25. The summed E-state index contributed by atoms with van der Waals surface area (Å²) in [7, 11) is 0. The summed E-state index contributed by atoms with van der Waals surface area (Å²) in [6, 6.07) is 7.07. The van der Waals surface area contributed by atoms with Crippen molar-refractivity contribution < 1.29 is 24.2 Å². The second-order valence-corrected chi connectivity index (χ2v) is 3.72. The maximum atomic E-state index is 11.6. The molecule has 0 saturated carbocycles. The summed E-state index contributed by atoms with van der Waals surface area (Å²) in [6.45, 7) is 0.134. The molecule has 0 fully saturated rings. The Morgan fingerprint density at radius 1 is 1.24 bits per heavy atom. The molecule has 0 amide bonds. The van der Waals surface area contributed by atoms with Gasteiger partial charge in [-0.25, -0.2) is 0 Å². The van der Waals surface area contributed by atoms with Gasteiger partial charge < -0.3 is 14.6 Å². The highest BCUT2D eigenvalue weighted by atomic mass is 16.6. The molecule has 2 rings (SSSR count). The fourth-order valence-electron chi connectivity index (χ4n) is 1.57. The monoisotopic (exact) mass is 236 g/mol. The van der Waals surface area contributed by atoms with E-state index in [0.29, 0.717) is 11.5 Å². The van der Waals surface area contributed by atoms with Crippen LogP contribution in [0, 0.1) is 0 Å². The van der Waals surface area contributed by atoms with Gasteiger partial charge in [0.25, 0.3) is 0 Å². The van der Waals surface area contributed by atoms with Crippen molar-refractivity contribution in [2.75, 3.05) is 6.61 Å². The van der Waals surface area contributed by atoms with E-state index in [1.165, 1.54) is 0 Å². The van der Waals surface area contributed by atoms with Crippen LogP contribution in [0.4, 0.5) is 0 Å². The van der Waals surface area contributed by atoms with E-state index >= 15 is 0 Å². The first kappa shape index (κ1) is 11.4. The lowest BCUT2D eigenvalue weighted by Crippen LogP contribution is -2.36. The van der Waals surface area contributed by atoms with Crippen LogP contribution in [-0.2, 0) is 9.59 Å². The van der Waals surface area contributed by atoms with Crippen molar-refractivity contribution >= 4 is 11.8 Å². The number of ketones is 1. The van der Waals surface area contributed by atoms with Gasteiger partial charge in [-0.05, 0) is 12.1 Å². The molecular weight excluding hydrogens is 224 g/mol. The van der Waals surface area contributed by atoms with Gasteiger partial charge in [-0.15, -0.1) is 0 Å². The lowest BCUT2D eigenvalue weighted by molar-refractivity contribution is -0.139. The Labute approximate surface area is 98.0 Å². The third-order valence-electron chi connectivity index (χ3n) is 2.45. The molecule has 1 heterocycles. The van der Waals surface area contributed by atoms with Gasteiger partial charge in [0.15, 0.2) is 23.4 Å². The highest BCUT2D eigenvalue weighted by molar-refractivity contribution is 5.86. The lowest BCUT2D eigenvalue weighted by atomic mass is 10.1. The van der Waals surface area contributed by atoms with E-state index in [1.807, 2.05) is 6.07 Å². The summed E-state index contributed by atoms with van der Waals surface area (Å²) < 4.78 is 10.8. The number of ether oxygens (including phenoxy) is 2. The second-order valence-electron chi connectivity index (χ2n) is 3.72. The number of carbonyl (C=O) groups excluding carboxylic acids is 1. The van der Waals surface area contributed by atoms with E-state index in [4.69, 9.17) is 14.6 Å². The van der Waals surface area contributed by atoms with Gasteiger partial charge in [-0.2, -0.15) is 0 Å². The first-order valence-corrected chi connectivity index (χ1v) is 5.30. The third kappa shape index (κ3) is 2.75. The van der Waals surface area contributed by atoms with Gasteiger partial charge in [-0.1, -0.05) is 12.1 Å². The van der Waals surface area contributed by atoms with Crippen molar-refractivity contribution in [2.45, 2.75) is 18.9 Å². The SMILES string of the molecule is O=C(O)CCC(=O)[C@H]1COc2ccccc2O1. The van der Waals surface area contributed by atoms with Crippen LogP contribution in [0.2, 0.25) is 0 Å². The molecule has 1 atom stereocenters. The molecule has 17 heavy (non-hydrogen) atoms. The molecule has 1 N–H and O–H groups in total. The number of aliphatic carboxylic acids is 1. The molecule has 5 heteroatoms. The predicted octanol–water partition coefficient (Wildman–Crippen LogP) is 1.26. The van der Waals surface area contributed by atoms with Crippen molar-refractivity contribution in [3.63, 3.8) is 0 Å². The fraction of sp³-hybridized carbons (Fsp3) is 0.333. The molecule has 0 aromatic heterocycles. The summed E-state index contributed by atoms with van der Waals surface area (Å²) in [4.78, 5) is 22.0. The summed E-state index contributed by atoms with van der Waals surface area (Å²) in [6.07, 6.45) is -0.921. The first-order valence-electron chi connectivity index (χ1n) is 5.30. The van der Waals surface area contributed by atoms with Crippen LogP contribution in [0.25, 0.3) is 0 Å². The minimum absolute atomic E-state index is 0.0362. The third-order valence-corrected chi connectivity index (χ3v) is 2.45. The van der Waals surface area contributed by atoms with Gasteiger partial charge in [0.05, 0.1) is 6.42 Å². The topological polar surface area (TPSA) is 72.8 Å². The Hall–Kier alpha value is -2.04. The molecule has 1 aliphatic rings. The van der Waals surface area contributed by atoms with Crippen LogP contribution in [0.1, 0.15) is 12.8 Å². The predicted molar refractivity (Wildman–Crippen MR) is 58.2 cm³/mol. The Morgan fingerprint density at radius 2 is 1.94 bits per heavy atom. The van der Waals surface area contributed by atoms with Crippen molar-refractivity contribution in [2.24, 2.45) is 0 Å². The average Bonchev–Trinajstić information content (AvgIpc) is 2.35. The summed E-state index contributed by atoms with van der Waals surface area (Å²) >= 11 is 0. The van der Waals surface area contributed by atoms with Gasteiger partial charge >= 0.3 is 5.97 Å². The van der Waals surface area contributed by atoms with Crippen LogP contribution in [0.5, 0.6) is 11.5 Å². The van der Waals surface area contributed by atoms with Crippen LogP contribution in [0.15, 0.2) is 24.3 Å². The molecule has 5 nitrogen and oxygen atoms in total. The van der Waals surface area contributed by atoms with Crippen molar-refractivity contribution in [1.82, 2.24) is 0 Å². The summed E-state index contributed by atoms with van der Waals surface area (Å²) in [5, 5.41) is 8.49. The number of benzene rings is 1. The fourth-order valence-corrected chi connectivity index (χ4v) is 1.57. The standard InChI is InChI=1S/C12H12O5/c13-8(5-6-12(14)15)11-7-16-9-3-1-2-4-10(9)17-11/h1-4,11H,5-7H2,(H,14,15)/t11-/m1/s1. The molecule has 0 spiro atoms. The highest BCUT2D eigenvalue weighted by Crippen LogP contribution is 2.31. The molecule has 0 unspecified atom stereocenters. The number of carbonyl (C=O) groups is 2. The van der Waals surface area contributed by atoms with E-state index in [2.05, 4.69) is 0 Å². The molecule has 1 aromatic carbocycles. The normalized spacial score (nSPS) is 17.5. The zero-order valence-corrected chi connectivity index (χ0v) is 9.09. The number of rotatable bonds is 4. The van der Waals surface area contributed by atoms with E-state index in [1.54, 1.807) is 18.2 Å². The quantitative estimate of drug-likeness (QED) is 0.852.